The summed E-state index contributed by atoms with van der Waals surface area (Å²) in [6, 6.07) is 2.08. The number of aliphatic hydroxyl groups is 1. The second kappa shape index (κ2) is 4.67. The van der Waals surface area contributed by atoms with Crippen molar-refractivity contribution in [2.45, 2.75) is 32.7 Å². The van der Waals surface area contributed by atoms with E-state index in [1.165, 1.54) is 6.20 Å². The highest BCUT2D eigenvalue weighted by molar-refractivity contribution is 5.96. The van der Waals surface area contributed by atoms with E-state index in [9.17, 15) is 15.2 Å². The highest BCUT2D eigenvalue weighted by Gasteiger charge is 2.35. The van der Waals surface area contributed by atoms with Crippen LogP contribution in [-0.4, -0.2) is 33.9 Å². The molecule has 2 rings (SSSR count). The number of rotatable bonds is 2. The van der Waals surface area contributed by atoms with E-state index in [0.717, 1.165) is 0 Å². The molecule has 6 nitrogen and oxygen atoms in total. The van der Waals surface area contributed by atoms with Crippen LogP contribution in [0.1, 0.15) is 32.8 Å². The van der Waals surface area contributed by atoms with Crippen molar-refractivity contribution < 1.29 is 9.90 Å². The van der Waals surface area contributed by atoms with Gasteiger partial charge in [0.25, 0.3) is 0 Å². The molecule has 19 heavy (non-hydrogen) atoms. The summed E-state index contributed by atoms with van der Waals surface area (Å²) < 4.78 is 1.70. The Morgan fingerprint density at radius 3 is 2.74 bits per heavy atom. The van der Waals surface area contributed by atoms with E-state index >= 15 is 0 Å². The number of nitriles is 1. The Morgan fingerprint density at radius 2 is 2.26 bits per heavy atom. The Morgan fingerprint density at radius 1 is 1.58 bits per heavy atom. The van der Waals surface area contributed by atoms with Gasteiger partial charge in [0.15, 0.2) is 5.82 Å². The normalized spacial score (nSPS) is 19.8. The second-order valence-electron chi connectivity index (χ2n) is 5.83. The summed E-state index contributed by atoms with van der Waals surface area (Å²) >= 11 is 0. The molecular weight excluding hydrogens is 244 g/mol. The Hall–Kier alpha value is -1.87. The molecule has 0 aliphatic carbocycles. The third kappa shape index (κ3) is 2.34. The van der Waals surface area contributed by atoms with E-state index in [-0.39, 0.29) is 24.0 Å². The lowest BCUT2D eigenvalue weighted by molar-refractivity contribution is -0.117. The average molecular weight is 262 g/mol. The Bertz CT molecular complexity index is 536. The van der Waals surface area contributed by atoms with Crippen molar-refractivity contribution in [2.75, 3.05) is 18.1 Å². The molecule has 0 bridgehead atoms. The molecule has 6 heteroatoms. The zero-order chi connectivity index (χ0) is 14.2. The van der Waals surface area contributed by atoms with Gasteiger partial charge in [0.1, 0.15) is 11.6 Å². The maximum Gasteiger partial charge on any atom is 0.228 e. The first-order valence-electron chi connectivity index (χ1n) is 6.28. The molecule has 1 saturated heterocycles. The van der Waals surface area contributed by atoms with Crippen molar-refractivity contribution in [2.24, 2.45) is 5.92 Å². The third-order valence-electron chi connectivity index (χ3n) is 3.22. The molecule has 0 saturated carbocycles. The van der Waals surface area contributed by atoms with Crippen molar-refractivity contribution in [1.29, 1.82) is 5.26 Å². The van der Waals surface area contributed by atoms with E-state index in [2.05, 4.69) is 11.2 Å². The first kappa shape index (κ1) is 13.6. The van der Waals surface area contributed by atoms with E-state index in [0.29, 0.717) is 24.3 Å². The number of carbonyl (C=O) groups is 1. The van der Waals surface area contributed by atoms with Crippen molar-refractivity contribution in [3.8, 4) is 6.07 Å². The van der Waals surface area contributed by atoms with Gasteiger partial charge in [-0.1, -0.05) is 0 Å². The second-order valence-corrected chi connectivity index (χ2v) is 5.83. The van der Waals surface area contributed by atoms with Gasteiger partial charge in [0.05, 0.1) is 11.7 Å². The predicted molar refractivity (Wildman–Crippen MR) is 69.5 cm³/mol. The van der Waals surface area contributed by atoms with E-state index in [4.69, 9.17) is 0 Å². The van der Waals surface area contributed by atoms with E-state index in [1.807, 2.05) is 20.8 Å². The summed E-state index contributed by atoms with van der Waals surface area (Å²) in [5.41, 5.74) is 0.0732. The van der Waals surface area contributed by atoms with Crippen molar-refractivity contribution in [3.63, 3.8) is 0 Å². The smallest absolute Gasteiger partial charge is 0.228 e. The van der Waals surface area contributed by atoms with Crippen LogP contribution in [0, 0.1) is 17.2 Å². The number of hydrogen-bond acceptors (Lipinski definition) is 4. The largest absolute Gasteiger partial charge is 0.396 e. The molecule has 2 heterocycles. The molecule has 1 aliphatic rings. The summed E-state index contributed by atoms with van der Waals surface area (Å²) in [6.45, 7) is 6.32. The fraction of sp³-hybridized carbons (Fsp3) is 0.615. The van der Waals surface area contributed by atoms with Crippen LogP contribution in [0.15, 0.2) is 6.20 Å². The summed E-state index contributed by atoms with van der Waals surface area (Å²) in [5.74, 6) is 0.403. The Balaban J connectivity index is 2.47. The summed E-state index contributed by atoms with van der Waals surface area (Å²) in [7, 11) is 0. The Kier molecular flexibility index (Phi) is 3.33. The molecule has 1 atom stereocenters. The topological polar surface area (TPSA) is 82.2 Å². The maximum atomic E-state index is 12.1. The number of carbonyl (C=O) groups excluding carboxylic acids is 1. The maximum absolute atomic E-state index is 12.1. The molecule has 0 radical (unpaired) electrons. The van der Waals surface area contributed by atoms with Crippen LogP contribution in [0.4, 0.5) is 5.82 Å². The molecule has 0 aromatic carbocycles. The number of hydrogen-bond donors (Lipinski definition) is 1. The van der Waals surface area contributed by atoms with Gasteiger partial charge in [-0.25, -0.2) is 4.68 Å². The lowest BCUT2D eigenvalue weighted by Gasteiger charge is -2.26. The summed E-state index contributed by atoms with van der Waals surface area (Å²) in [4.78, 5) is 13.6. The molecular formula is C13H18N4O2. The van der Waals surface area contributed by atoms with Crippen molar-refractivity contribution in [1.82, 2.24) is 9.78 Å². The van der Waals surface area contributed by atoms with Crippen LogP contribution < -0.4 is 4.90 Å². The van der Waals surface area contributed by atoms with Gasteiger partial charge in [-0.15, -0.1) is 0 Å². The Labute approximate surface area is 112 Å². The van der Waals surface area contributed by atoms with Gasteiger partial charge in [-0.3, -0.25) is 9.69 Å². The molecule has 1 aromatic heterocycles. The molecule has 1 fully saturated rings. The standard InChI is InChI=1S/C13H18N4O2/c1-13(2,3)17-12(10(5-14)6-15-17)16-7-9(8-18)4-11(16)19/h6,9,18H,4,7-8H2,1-3H3. The first-order valence-corrected chi connectivity index (χ1v) is 6.28. The van der Waals surface area contributed by atoms with Crippen LogP contribution in [0.2, 0.25) is 0 Å². The molecule has 1 N–H and O–H groups in total. The van der Waals surface area contributed by atoms with Crippen molar-refractivity contribution in [3.05, 3.63) is 11.8 Å². The van der Waals surface area contributed by atoms with E-state index in [1.54, 1.807) is 9.58 Å². The third-order valence-corrected chi connectivity index (χ3v) is 3.22. The molecule has 102 valence electrons. The lowest BCUT2D eigenvalue weighted by Crippen LogP contribution is -2.33. The first-order chi connectivity index (χ1) is 8.88. The van der Waals surface area contributed by atoms with Crippen LogP contribution >= 0.6 is 0 Å². The minimum Gasteiger partial charge on any atom is -0.396 e. The number of nitrogens with zero attached hydrogens (tertiary/aromatic N) is 4. The van der Waals surface area contributed by atoms with Gasteiger partial charge >= 0.3 is 0 Å². The number of aliphatic hydroxyl groups excluding tert-OH is 1. The van der Waals surface area contributed by atoms with Crippen LogP contribution in [-0.2, 0) is 10.3 Å². The highest BCUT2D eigenvalue weighted by atomic mass is 16.3. The van der Waals surface area contributed by atoms with Crippen LogP contribution in [0.3, 0.4) is 0 Å². The molecule has 1 aromatic rings. The van der Waals surface area contributed by atoms with Gasteiger partial charge in [0, 0.05) is 25.5 Å². The zero-order valence-electron chi connectivity index (χ0n) is 11.4. The molecule has 1 amide bonds. The fourth-order valence-electron chi connectivity index (χ4n) is 2.28. The minimum absolute atomic E-state index is 0.0201. The zero-order valence-corrected chi connectivity index (χ0v) is 11.4. The van der Waals surface area contributed by atoms with Gasteiger partial charge in [0.2, 0.25) is 5.91 Å². The quantitative estimate of drug-likeness (QED) is 0.856. The monoisotopic (exact) mass is 262 g/mol. The van der Waals surface area contributed by atoms with E-state index < -0.39 is 0 Å². The molecule has 1 aliphatic heterocycles. The number of anilines is 1. The number of amides is 1. The van der Waals surface area contributed by atoms with Crippen LogP contribution in [0.25, 0.3) is 0 Å². The molecule has 1 unspecified atom stereocenters. The average Bonchev–Trinajstić information content (AvgIpc) is 2.90. The highest BCUT2D eigenvalue weighted by Crippen LogP contribution is 2.31. The predicted octanol–water partition coefficient (Wildman–Crippen LogP) is 0.855. The fourth-order valence-corrected chi connectivity index (χ4v) is 2.28. The number of aromatic nitrogens is 2. The lowest BCUT2D eigenvalue weighted by atomic mass is 10.1. The van der Waals surface area contributed by atoms with Gasteiger partial charge in [-0.05, 0) is 20.8 Å². The molecule has 0 spiro atoms. The summed E-state index contributed by atoms with van der Waals surface area (Å²) in [6.07, 6.45) is 1.80. The van der Waals surface area contributed by atoms with Gasteiger partial charge < -0.3 is 5.11 Å². The SMILES string of the molecule is CC(C)(C)n1ncc(C#N)c1N1CC(CO)CC1=O. The van der Waals surface area contributed by atoms with Crippen molar-refractivity contribution >= 4 is 11.7 Å². The summed E-state index contributed by atoms with van der Waals surface area (Å²) in [5, 5.41) is 22.6. The van der Waals surface area contributed by atoms with Crippen LogP contribution in [0.5, 0.6) is 0 Å². The minimum atomic E-state index is -0.317. The van der Waals surface area contributed by atoms with Gasteiger partial charge in [-0.2, -0.15) is 10.4 Å².